The standard InChI is InChI=1S/C15H21BrFN/c1-10(2)11-5-4-8-15(18,9-11)12-6-3-7-13(16)14(12)17/h3,6-7,10-11H,4-5,8-9,18H2,1-2H3. The Bertz CT molecular complexity index is 433. The van der Waals surface area contributed by atoms with E-state index < -0.39 is 5.54 Å². The lowest BCUT2D eigenvalue weighted by Crippen LogP contribution is -2.43. The largest absolute Gasteiger partial charge is 0.321 e. The van der Waals surface area contributed by atoms with E-state index in [1.54, 1.807) is 6.07 Å². The van der Waals surface area contributed by atoms with Gasteiger partial charge in [0.2, 0.25) is 0 Å². The minimum Gasteiger partial charge on any atom is -0.321 e. The molecule has 2 atom stereocenters. The zero-order valence-electron chi connectivity index (χ0n) is 11.0. The molecule has 1 fully saturated rings. The average molecular weight is 314 g/mol. The molecule has 0 bridgehead atoms. The molecule has 1 aromatic rings. The van der Waals surface area contributed by atoms with Crippen molar-refractivity contribution in [2.24, 2.45) is 17.6 Å². The topological polar surface area (TPSA) is 26.0 Å². The van der Waals surface area contributed by atoms with Crippen LogP contribution in [0.2, 0.25) is 0 Å². The van der Waals surface area contributed by atoms with Crippen molar-refractivity contribution >= 4 is 15.9 Å². The highest BCUT2D eigenvalue weighted by Gasteiger charge is 2.37. The van der Waals surface area contributed by atoms with Crippen LogP contribution >= 0.6 is 15.9 Å². The second-order valence-electron chi connectivity index (χ2n) is 5.86. The lowest BCUT2D eigenvalue weighted by Gasteiger charge is -2.40. The van der Waals surface area contributed by atoms with Crippen LogP contribution in [0.25, 0.3) is 0 Å². The average Bonchev–Trinajstić information content (AvgIpc) is 2.32. The summed E-state index contributed by atoms with van der Waals surface area (Å²) in [6, 6.07) is 5.43. The zero-order valence-corrected chi connectivity index (χ0v) is 12.6. The van der Waals surface area contributed by atoms with Gasteiger partial charge in [0, 0.05) is 11.1 Å². The lowest BCUT2D eigenvalue weighted by atomic mass is 9.69. The van der Waals surface area contributed by atoms with Crippen molar-refractivity contribution in [3.05, 3.63) is 34.1 Å². The van der Waals surface area contributed by atoms with Gasteiger partial charge in [0.15, 0.2) is 0 Å². The van der Waals surface area contributed by atoms with Crippen LogP contribution in [-0.4, -0.2) is 0 Å². The molecule has 0 heterocycles. The maximum atomic E-state index is 14.2. The Morgan fingerprint density at radius 2 is 2.17 bits per heavy atom. The zero-order chi connectivity index (χ0) is 13.3. The van der Waals surface area contributed by atoms with Crippen LogP contribution in [-0.2, 0) is 5.54 Å². The molecule has 0 spiro atoms. The van der Waals surface area contributed by atoms with Crippen molar-refractivity contribution in [3.63, 3.8) is 0 Å². The molecule has 18 heavy (non-hydrogen) atoms. The number of hydrogen-bond donors (Lipinski definition) is 1. The normalized spacial score (nSPS) is 28.7. The van der Waals surface area contributed by atoms with Gasteiger partial charge in [-0.15, -0.1) is 0 Å². The fourth-order valence-electron chi connectivity index (χ4n) is 3.05. The number of benzene rings is 1. The van der Waals surface area contributed by atoms with Gasteiger partial charge in [-0.25, -0.2) is 4.39 Å². The third kappa shape index (κ3) is 2.62. The molecule has 1 aliphatic rings. The van der Waals surface area contributed by atoms with E-state index in [-0.39, 0.29) is 5.82 Å². The molecular weight excluding hydrogens is 293 g/mol. The van der Waals surface area contributed by atoms with Crippen LogP contribution < -0.4 is 5.73 Å². The third-order valence-electron chi connectivity index (χ3n) is 4.26. The van der Waals surface area contributed by atoms with Gasteiger partial charge < -0.3 is 5.73 Å². The summed E-state index contributed by atoms with van der Waals surface area (Å²) in [6.45, 7) is 4.46. The van der Waals surface area contributed by atoms with Gasteiger partial charge in [-0.05, 0) is 46.7 Å². The Kier molecular flexibility index (Phi) is 4.12. The fraction of sp³-hybridized carbons (Fsp3) is 0.600. The van der Waals surface area contributed by atoms with Crippen molar-refractivity contribution in [2.75, 3.05) is 0 Å². The molecule has 100 valence electrons. The van der Waals surface area contributed by atoms with Gasteiger partial charge in [-0.1, -0.05) is 38.8 Å². The van der Waals surface area contributed by atoms with E-state index in [0.29, 0.717) is 21.9 Å². The van der Waals surface area contributed by atoms with E-state index >= 15 is 0 Å². The maximum Gasteiger partial charge on any atom is 0.142 e. The number of halogens is 2. The van der Waals surface area contributed by atoms with Crippen molar-refractivity contribution < 1.29 is 4.39 Å². The summed E-state index contributed by atoms with van der Waals surface area (Å²) in [7, 11) is 0. The van der Waals surface area contributed by atoms with Crippen molar-refractivity contribution in [1.29, 1.82) is 0 Å². The van der Waals surface area contributed by atoms with Crippen LogP contribution in [0.4, 0.5) is 4.39 Å². The van der Waals surface area contributed by atoms with E-state index in [1.807, 2.05) is 12.1 Å². The monoisotopic (exact) mass is 313 g/mol. The van der Waals surface area contributed by atoms with E-state index in [0.717, 1.165) is 19.3 Å². The quantitative estimate of drug-likeness (QED) is 0.849. The molecule has 1 nitrogen and oxygen atoms in total. The first-order valence-electron chi connectivity index (χ1n) is 6.67. The van der Waals surface area contributed by atoms with Crippen LogP contribution in [0.15, 0.2) is 22.7 Å². The second-order valence-corrected chi connectivity index (χ2v) is 6.71. The summed E-state index contributed by atoms with van der Waals surface area (Å²) in [6.07, 6.45) is 4.07. The second kappa shape index (κ2) is 5.30. The van der Waals surface area contributed by atoms with Crippen molar-refractivity contribution in [3.8, 4) is 0 Å². The summed E-state index contributed by atoms with van der Waals surface area (Å²) in [5, 5.41) is 0. The highest BCUT2D eigenvalue weighted by molar-refractivity contribution is 9.10. The molecule has 2 N–H and O–H groups in total. The molecule has 1 saturated carbocycles. The molecule has 3 heteroatoms. The van der Waals surface area contributed by atoms with Gasteiger partial charge in [0.1, 0.15) is 5.82 Å². The number of hydrogen-bond acceptors (Lipinski definition) is 1. The minimum absolute atomic E-state index is 0.190. The molecule has 0 aliphatic heterocycles. The van der Waals surface area contributed by atoms with Crippen LogP contribution in [0.5, 0.6) is 0 Å². The molecule has 0 saturated heterocycles. The van der Waals surface area contributed by atoms with E-state index in [1.165, 1.54) is 6.42 Å². The summed E-state index contributed by atoms with van der Waals surface area (Å²) in [5.74, 6) is 1.02. The van der Waals surface area contributed by atoms with Gasteiger partial charge in [0.25, 0.3) is 0 Å². The molecule has 1 aliphatic carbocycles. The summed E-state index contributed by atoms with van der Waals surface area (Å²) >= 11 is 3.25. The third-order valence-corrected chi connectivity index (χ3v) is 4.87. The van der Waals surface area contributed by atoms with Gasteiger partial charge in [-0.2, -0.15) is 0 Å². The van der Waals surface area contributed by atoms with Crippen LogP contribution in [0.1, 0.15) is 45.1 Å². The Labute approximate surface area is 117 Å². The van der Waals surface area contributed by atoms with Gasteiger partial charge >= 0.3 is 0 Å². The maximum absolute atomic E-state index is 14.2. The first-order valence-corrected chi connectivity index (χ1v) is 7.47. The summed E-state index contributed by atoms with van der Waals surface area (Å²) < 4.78 is 14.7. The number of nitrogens with two attached hydrogens (primary N) is 1. The minimum atomic E-state index is -0.499. The van der Waals surface area contributed by atoms with Gasteiger partial charge in [-0.3, -0.25) is 0 Å². The molecule has 0 radical (unpaired) electrons. The number of rotatable bonds is 2. The summed E-state index contributed by atoms with van der Waals surface area (Å²) in [5.41, 5.74) is 6.69. The van der Waals surface area contributed by atoms with Crippen LogP contribution in [0, 0.1) is 17.7 Å². The van der Waals surface area contributed by atoms with Crippen LogP contribution in [0.3, 0.4) is 0 Å². The highest BCUT2D eigenvalue weighted by Crippen LogP contribution is 2.42. The Morgan fingerprint density at radius 3 is 2.83 bits per heavy atom. The molecule has 0 amide bonds. The predicted octanol–water partition coefficient (Wildman–Crippen LogP) is 4.59. The highest BCUT2D eigenvalue weighted by atomic mass is 79.9. The molecule has 2 rings (SSSR count). The Balaban J connectivity index is 2.33. The van der Waals surface area contributed by atoms with Crippen molar-refractivity contribution in [1.82, 2.24) is 0 Å². The first-order chi connectivity index (χ1) is 8.44. The molecule has 0 aromatic heterocycles. The van der Waals surface area contributed by atoms with E-state index in [9.17, 15) is 4.39 Å². The predicted molar refractivity (Wildman–Crippen MR) is 76.8 cm³/mol. The van der Waals surface area contributed by atoms with Gasteiger partial charge in [0.05, 0.1) is 4.47 Å². The Hall–Kier alpha value is -0.410. The summed E-state index contributed by atoms with van der Waals surface area (Å²) in [4.78, 5) is 0. The molecule has 1 aromatic carbocycles. The fourth-order valence-corrected chi connectivity index (χ4v) is 3.42. The molecule has 2 unspecified atom stereocenters. The lowest BCUT2D eigenvalue weighted by molar-refractivity contribution is 0.180. The van der Waals surface area contributed by atoms with Crippen molar-refractivity contribution in [2.45, 2.75) is 45.1 Å². The SMILES string of the molecule is CC(C)C1CCCC(N)(c2cccc(Br)c2F)C1. The first kappa shape index (κ1) is 14.0. The van der Waals surface area contributed by atoms with E-state index in [2.05, 4.69) is 29.8 Å². The smallest absolute Gasteiger partial charge is 0.142 e. The van der Waals surface area contributed by atoms with E-state index in [4.69, 9.17) is 5.73 Å². The Morgan fingerprint density at radius 1 is 1.44 bits per heavy atom. The molecular formula is C15H21BrFN.